The normalized spacial score (nSPS) is 20.4. The highest BCUT2D eigenvalue weighted by Crippen LogP contribution is 2.18. The van der Waals surface area contributed by atoms with Crippen LogP contribution in [0.15, 0.2) is 24.7 Å². The summed E-state index contributed by atoms with van der Waals surface area (Å²) in [6.07, 6.45) is 7.28. The molecule has 1 N–H and O–H groups in total. The smallest absolute Gasteiger partial charge is 0.240 e. The van der Waals surface area contributed by atoms with E-state index in [1.165, 1.54) is 6.26 Å². The first kappa shape index (κ1) is 10.1. The molecule has 1 aliphatic rings. The van der Waals surface area contributed by atoms with Gasteiger partial charge in [0.1, 0.15) is 12.9 Å². The molecule has 0 bridgehead atoms. The molecule has 0 fully saturated rings. The van der Waals surface area contributed by atoms with Gasteiger partial charge in [0, 0.05) is 6.42 Å². The van der Waals surface area contributed by atoms with Gasteiger partial charge in [-0.15, -0.1) is 6.58 Å². The Labute approximate surface area is 78.7 Å². The van der Waals surface area contributed by atoms with Crippen LogP contribution in [-0.2, 0) is 9.47 Å². The standard InChI is InChI=1S/C10H16O3/c1-2-3-4-5-6-10-12-8-9(7-11)13-10/h2,8,10-11H,1,3-7H2. The van der Waals surface area contributed by atoms with Crippen LogP contribution in [0, 0.1) is 0 Å². The Morgan fingerprint density at radius 1 is 1.54 bits per heavy atom. The Kier molecular flexibility index (Phi) is 4.40. The average molecular weight is 184 g/mol. The Bertz CT molecular complexity index is 187. The average Bonchev–Trinajstić information content (AvgIpc) is 2.60. The molecule has 1 unspecified atom stereocenters. The van der Waals surface area contributed by atoms with Gasteiger partial charge in [0.15, 0.2) is 5.76 Å². The molecule has 1 aliphatic heterocycles. The van der Waals surface area contributed by atoms with Crippen molar-refractivity contribution < 1.29 is 14.6 Å². The van der Waals surface area contributed by atoms with Crippen LogP contribution < -0.4 is 0 Å². The highest BCUT2D eigenvalue weighted by Gasteiger charge is 2.17. The van der Waals surface area contributed by atoms with E-state index in [1.807, 2.05) is 6.08 Å². The molecule has 0 saturated heterocycles. The van der Waals surface area contributed by atoms with Crippen LogP contribution in [0.3, 0.4) is 0 Å². The fourth-order valence-electron chi connectivity index (χ4n) is 1.18. The van der Waals surface area contributed by atoms with Gasteiger partial charge in [-0.1, -0.05) is 6.08 Å². The predicted molar refractivity (Wildman–Crippen MR) is 49.8 cm³/mol. The number of aliphatic hydroxyl groups is 1. The maximum atomic E-state index is 8.71. The van der Waals surface area contributed by atoms with Gasteiger partial charge in [-0.2, -0.15) is 0 Å². The van der Waals surface area contributed by atoms with E-state index >= 15 is 0 Å². The summed E-state index contributed by atoms with van der Waals surface area (Å²) in [5.74, 6) is 0.522. The fourth-order valence-corrected chi connectivity index (χ4v) is 1.18. The van der Waals surface area contributed by atoms with Crippen molar-refractivity contribution in [3.05, 3.63) is 24.7 Å². The van der Waals surface area contributed by atoms with E-state index in [4.69, 9.17) is 14.6 Å². The van der Waals surface area contributed by atoms with Crippen LogP contribution in [-0.4, -0.2) is 18.0 Å². The molecule has 1 atom stereocenters. The van der Waals surface area contributed by atoms with E-state index in [9.17, 15) is 0 Å². The molecule has 3 heteroatoms. The lowest BCUT2D eigenvalue weighted by molar-refractivity contribution is -0.0432. The summed E-state index contributed by atoms with van der Waals surface area (Å²) >= 11 is 0. The maximum absolute atomic E-state index is 8.71. The Hall–Kier alpha value is -0.960. The van der Waals surface area contributed by atoms with Gasteiger partial charge in [0.2, 0.25) is 6.29 Å². The van der Waals surface area contributed by atoms with Crippen LogP contribution in [0.1, 0.15) is 25.7 Å². The molecule has 1 heterocycles. The molecular weight excluding hydrogens is 168 g/mol. The second-order valence-corrected chi connectivity index (χ2v) is 3.00. The van der Waals surface area contributed by atoms with Crippen molar-refractivity contribution in [2.45, 2.75) is 32.0 Å². The van der Waals surface area contributed by atoms with Crippen molar-refractivity contribution in [3.8, 4) is 0 Å². The van der Waals surface area contributed by atoms with Gasteiger partial charge < -0.3 is 14.6 Å². The van der Waals surface area contributed by atoms with E-state index < -0.39 is 0 Å². The van der Waals surface area contributed by atoms with Crippen LogP contribution in [0.4, 0.5) is 0 Å². The van der Waals surface area contributed by atoms with Crippen molar-refractivity contribution >= 4 is 0 Å². The quantitative estimate of drug-likeness (QED) is 0.506. The molecule has 0 aromatic carbocycles. The van der Waals surface area contributed by atoms with Crippen LogP contribution in [0.2, 0.25) is 0 Å². The SMILES string of the molecule is C=CCCCCC1OC=C(CO)O1. The van der Waals surface area contributed by atoms with E-state index in [0.717, 1.165) is 25.7 Å². The number of unbranched alkanes of at least 4 members (excludes halogenated alkanes) is 2. The summed E-state index contributed by atoms with van der Waals surface area (Å²) in [4.78, 5) is 0. The number of aliphatic hydroxyl groups excluding tert-OH is 1. The number of hydrogen-bond acceptors (Lipinski definition) is 3. The van der Waals surface area contributed by atoms with E-state index in [1.54, 1.807) is 0 Å². The first-order valence-corrected chi connectivity index (χ1v) is 4.59. The van der Waals surface area contributed by atoms with Crippen LogP contribution in [0.25, 0.3) is 0 Å². The second kappa shape index (κ2) is 5.65. The second-order valence-electron chi connectivity index (χ2n) is 3.00. The molecule has 0 aromatic heterocycles. The van der Waals surface area contributed by atoms with Gasteiger partial charge in [-0.05, 0) is 19.3 Å². The molecule has 0 saturated carbocycles. The van der Waals surface area contributed by atoms with Gasteiger partial charge in [0.25, 0.3) is 0 Å². The van der Waals surface area contributed by atoms with Crippen molar-refractivity contribution in [1.29, 1.82) is 0 Å². The minimum atomic E-state index is -0.188. The number of allylic oxidation sites excluding steroid dienone is 1. The minimum Gasteiger partial charge on any atom is -0.459 e. The number of ether oxygens (including phenoxy) is 2. The molecule has 0 amide bonds. The lowest BCUT2D eigenvalue weighted by Crippen LogP contribution is -2.08. The first-order valence-electron chi connectivity index (χ1n) is 4.59. The molecule has 0 aromatic rings. The third-order valence-electron chi connectivity index (χ3n) is 1.89. The summed E-state index contributed by atoms with van der Waals surface area (Å²) in [5.41, 5.74) is 0. The summed E-state index contributed by atoms with van der Waals surface area (Å²) < 4.78 is 10.4. The van der Waals surface area contributed by atoms with Gasteiger partial charge in [-0.25, -0.2) is 0 Å². The molecule has 3 nitrogen and oxygen atoms in total. The zero-order valence-corrected chi connectivity index (χ0v) is 7.74. The molecule has 0 aliphatic carbocycles. The van der Waals surface area contributed by atoms with Crippen LogP contribution in [0.5, 0.6) is 0 Å². The molecule has 0 spiro atoms. The largest absolute Gasteiger partial charge is 0.459 e. The topological polar surface area (TPSA) is 38.7 Å². The Morgan fingerprint density at radius 2 is 2.38 bits per heavy atom. The van der Waals surface area contributed by atoms with Crippen molar-refractivity contribution in [2.24, 2.45) is 0 Å². The molecule has 1 rings (SSSR count). The third kappa shape index (κ3) is 3.51. The summed E-state index contributed by atoms with van der Waals surface area (Å²) in [6, 6.07) is 0. The zero-order chi connectivity index (χ0) is 9.52. The van der Waals surface area contributed by atoms with Crippen molar-refractivity contribution in [3.63, 3.8) is 0 Å². The lowest BCUT2D eigenvalue weighted by Gasteiger charge is -2.10. The molecule has 0 radical (unpaired) electrons. The van der Waals surface area contributed by atoms with E-state index in [0.29, 0.717) is 5.76 Å². The first-order chi connectivity index (χ1) is 6.36. The summed E-state index contributed by atoms with van der Waals surface area (Å²) in [5, 5.41) is 8.71. The van der Waals surface area contributed by atoms with Crippen molar-refractivity contribution in [2.75, 3.05) is 6.61 Å². The number of rotatable bonds is 6. The highest BCUT2D eigenvalue weighted by molar-refractivity contribution is 4.91. The van der Waals surface area contributed by atoms with Crippen LogP contribution >= 0.6 is 0 Å². The number of hydrogen-bond donors (Lipinski definition) is 1. The summed E-state index contributed by atoms with van der Waals surface area (Å²) in [7, 11) is 0. The monoisotopic (exact) mass is 184 g/mol. The van der Waals surface area contributed by atoms with Crippen molar-refractivity contribution in [1.82, 2.24) is 0 Å². The van der Waals surface area contributed by atoms with Gasteiger partial charge in [-0.3, -0.25) is 0 Å². The molecule has 74 valence electrons. The molecular formula is C10H16O3. The fraction of sp³-hybridized carbons (Fsp3) is 0.600. The highest BCUT2D eigenvalue weighted by atomic mass is 16.7. The predicted octanol–water partition coefficient (Wildman–Crippen LogP) is 1.94. The third-order valence-corrected chi connectivity index (χ3v) is 1.89. The maximum Gasteiger partial charge on any atom is 0.240 e. The van der Waals surface area contributed by atoms with E-state index in [2.05, 4.69) is 6.58 Å². The zero-order valence-electron chi connectivity index (χ0n) is 7.74. The van der Waals surface area contributed by atoms with E-state index in [-0.39, 0.29) is 12.9 Å². The van der Waals surface area contributed by atoms with Gasteiger partial charge >= 0.3 is 0 Å². The van der Waals surface area contributed by atoms with Gasteiger partial charge in [0.05, 0.1) is 0 Å². The Morgan fingerprint density at radius 3 is 3.00 bits per heavy atom. The Balaban J connectivity index is 2.02. The lowest BCUT2D eigenvalue weighted by atomic mass is 10.2. The minimum absolute atomic E-state index is 0.0802. The summed E-state index contributed by atoms with van der Waals surface area (Å²) in [6.45, 7) is 3.57. The molecule has 13 heavy (non-hydrogen) atoms.